The van der Waals surface area contributed by atoms with Crippen molar-refractivity contribution in [2.75, 3.05) is 19.8 Å². The highest BCUT2D eigenvalue weighted by molar-refractivity contribution is 5.73. The van der Waals surface area contributed by atoms with E-state index in [1.807, 2.05) is 13.8 Å². The summed E-state index contributed by atoms with van der Waals surface area (Å²) in [5.41, 5.74) is 0. The van der Waals surface area contributed by atoms with Gasteiger partial charge < -0.3 is 14.2 Å². The molecule has 0 aliphatic carbocycles. The van der Waals surface area contributed by atoms with E-state index >= 15 is 0 Å². The second kappa shape index (κ2) is 13.9. The van der Waals surface area contributed by atoms with Crippen molar-refractivity contribution in [1.82, 2.24) is 0 Å². The highest BCUT2D eigenvalue weighted by Gasteiger charge is 2.10. The fourth-order valence-electron chi connectivity index (χ4n) is 1.87. The zero-order valence-electron chi connectivity index (χ0n) is 13.7. The van der Waals surface area contributed by atoms with Crippen LogP contribution in [0.5, 0.6) is 0 Å². The minimum atomic E-state index is -0.441. The molecule has 0 rings (SSSR count). The Morgan fingerprint density at radius 1 is 0.905 bits per heavy atom. The molecule has 21 heavy (non-hydrogen) atoms. The summed E-state index contributed by atoms with van der Waals surface area (Å²) in [7, 11) is 0. The maximum Gasteiger partial charge on any atom is 0.332 e. The SMILES string of the molecule is CCCCCCCOC(=O)COCC(=O)OC(C)CCC. The molecule has 5 nitrogen and oxygen atoms in total. The first-order valence-corrected chi connectivity index (χ1v) is 8.03. The maximum atomic E-state index is 11.4. The summed E-state index contributed by atoms with van der Waals surface area (Å²) in [6.07, 6.45) is 7.21. The molecule has 0 N–H and O–H groups in total. The van der Waals surface area contributed by atoms with Gasteiger partial charge in [0.05, 0.1) is 12.7 Å². The van der Waals surface area contributed by atoms with E-state index in [0.717, 1.165) is 25.7 Å². The molecule has 0 spiro atoms. The lowest BCUT2D eigenvalue weighted by Crippen LogP contribution is -2.22. The molecule has 124 valence electrons. The van der Waals surface area contributed by atoms with E-state index in [4.69, 9.17) is 14.2 Å². The number of carbonyl (C=O) groups is 2. The first kappa shape index (κ1) is 19.9. The zero-order valence-corrected chi connectivity index (χ0v) is 13.7. The molecule has 0 amide bonds. The van der Waals surface area contributed by atoms with Crippen LogP contribution in [-0.4, -0.2) is 37.9 Å². The Bertz CT molecular complexity index is 278. The summed E-state index contributed by atoms with van der Waals surface area (Å²) in [6.45, 7) is 6.04. The smallest absolute Gasteiger partial charge is 0.332 e. The van der Waals surface area contributed by atoms with Crippen molar-refractivity contribution in [1.29, 1.82) is 0 Å². The molecular formula is C16H30O5. The number of rotatable bonds is 13. The lowest BCUT2D eigenvalue weighted by Gasteiger charge is -2.12. The van der Waals surface area contributed by atoms with Gasteiger partial charge in [0.1, 0.15) is 13.2 Å². The van der Waals surface area contributed by atoms with Crippen molar-refractivity contribution in [3.63, 3.8) is 0 Å². The van der Waals surface area contributed by atoms with Crippen LogP contribution in [-0.2, 0) is 23.8 Å². The summed E-state index contributed by atoms with van der Waals surface area (Å²) in [6, 6.07) is 0. The van der Waals surface area contributed by atoms with Gasteiger partial charge in [-0.25, -0.2) is 9.59 Å². The van der Waals surface area contributed by atoms with E-state index in [0.29, 0.717) is 6.61 Å². The van der Waals surface area contributed by atoms with Crippen LogP contribution in [0.3, 0.4) is 0 Å². The van der Waals surface area contributed by atoms with Crippen LogP contribution < -0.4 is 0 Å². The van der Waals surface area contributed by atoms with Crippen molar-refractivity contribution < 1.29 is 23.8 Å². The van der Waals surface area contributed by atoms with Gasteiger partial charge in [0.15, 0.2) is 0 Å². The Balaban J connectivity index is 3.46. The van der Waals surface area contributed by atoms with Gasteiger partial charge in [-0.2, -0.15) is 0 Å². The number of carbonyl (C=O) groups excluding carboxylic acids is 2. The predicted octanol–water partition coefficient (Wildman–Crippen LogP) is 3.25. The maximum absolute atomic E-state index is 11.4. The molecule has 0 aromatic heterocycles. The highest BCUT2D eigenvalue weighted by atomic mass is 16.6. The van der Waals surface area contributed by atoms with Crippen LogP contribution in [0, 0.1) is 0 Å². The minimum Gasteiger partial charge on any atom is -0.464 e. The fourth-order valence-corrected chi connectivity index (χ4v) is 1.87. The molecule has 0 bridgehead atoms. The summed E-state index contributed by atoms with van der Waals surface area (Å²) < 4.78 is 15.1. The van der Waals surface area contributed by atoms with Crippen LogP contribution >= 0.6 is 0 Å². The van der Waals surface area contributed by atoms with Crippen LogP contribution in [0.4, 0.5) is 0 Å². The second-order valence-corrected chi connectivity index (χ2v) is 5.22. The third-order valence-corrected chi connectivity index (χ3v) is 2.98. The van der Waals surface area contributed by atoms with Gasteiger partial charge in [-0.3, -0.25) is 0 Å². The number of esters is 2. The van der Waals surface area contributed by atoms with E-state index in [9.17, 15) is 9.59 Å². The van der Waals surface area contributed by atoms with Crippen molar-refractivity contribution >= 4 is 11.9 Å². The molecule has 0 fully saturated rings. The Hall–Kier alpha value is -1.10. The van der Waals surface area contributed by atoms with Gasteiger partial charge in [-0.1, -0.05) is 46.0 Å². The molecule has 0 heterocycles. The molecule has 0 aromatic rings. The van der Waals surface area contributed by atoms with Crippen LogP contribution in [0.1, 0.15) is 65.7 Å². The van der Waals surface area contributed by atoms with Crippen LogP contribution in [0.2, 0.25) is 0 Å². The van der Waals surface area contributed by atoms with Gasteiger partial charge in [0.25, 0.3) is 0 Å². The third-order valence-electron chi connectivity index (χ3n) is 2.98. The Kier molecular flexibility index (Phi) is 13.1. The quantitative estimate of drug-likeness (QED) is 0.386. The number of ether oxygens (including phenoxy) is 3. The highest BCUT2D eigenvalue weighted by Crippen LogP contribution is 2.03. The lowest BCUT2D eigenvalue weighted by atomic mass is 10.2. The van der Waals surface area contributed by atoms with Crippen molar-refractivity contribution in [3.8, 4) is 0 Å². The zero-order chi connectivity index (χ0) is 15.9. The number of hydrogen-bond acceptors (Lipinski definition) is 5. The van der Waals surface area contributed by atoms with Crippen molar-refractivity contribution in [3.05, 3.63) is 0 Å². The monoisotopic (exact) mass is 302 g/mol. The topological polar surface area (TPSA) is 61.8 Å². The van der Waals surface area contributed by atoms with Gasteiger partial charge >= 0.3 is 11.9 Å². The van der Waals surface area contributed by atoms with Gasteiger partial charge in [-0.15, -0.1) is 0 Å². The standard InChI is InChI=1S/C16H30O5/c1-4-6-7-8-9-11-20-15(17)12-19-13-16(18)21-14(3)10-5-2/h14H,4-13H2,1-3H3. The third kappa shape index (κ3) is 13.6. The molecule has 0 saturated carbocycles. The van der Waals surface area contributed by atoms with E-state index in [-0.39, 0.29) is 19.3 Å². The van der Waals surface area contributed by atoms with Gasteiger partial charge in [-0.05, 0) is 19.8 Å². The summed E-state index contributed by atoms with van der Waals surface area (Å²) >= 11 is 0. The average Bonchev–Trinajstić information content (AvgIpc) is 2.42. The lowest BCUT2D eigenvalue weighted by molar-refractivity contribution is -0.158. The molecular weight excluding hydrogens is 272 g/mol. The average molecular weight is 302 g/mol. The molecule has 5 heteroatoms. The van der Waals surface area contributed by atoms with Gasteiger partial charge in [0.2, 0.25) is 0 Å². The van der Waals surface area contributed by atoms with Gasteiger partial charge in [0, 0.05) is 0 Å². The number of hydrogen-bond donors (Lipinski definition) is 0. The summed E-state index contributed by atoms with van der Waals surface area (Å²) in [5, 5.41) is 0. The van der Waals surface area contributed by atoms with E-state index in [2.05, 4.69) is 6.92 Å². The van der Waals surface area contributed by atoms with Crippen molar-refractivity contribution in [2.45, 2.75) is 71.8 Å². The van der Waals surface area contributed by atoms with Crippen molar-refractivity contribution in [2.24, 2.45) is 0 Å². The minimum absolute atomic E-state index is 0.110. The summed E-state index contributed by atoms with van der Waals surface area (Å²) in [5.74, 6) is -0.872. The molecule has 0 aliphatic heterocycles. The first-order valence-electron chi connectivity index (χ1n) is 8.03. The van der Waals surface area contributed by atoms with E-state index in [1.54, 1.807) is 0 Å². The Morgan fingerprint density at radius 3 is 2.24 bits per heavy atom. The Morgan fingerprint density at radius 2 is 1.57 bits per heavy atom. The first-order chi connectivity index (χ1) is 10.1. The normalized spacial score (nSPS) is 12.0. The second-order valence-electron chi connectivity index (χ2n) is 5.22. The number of unbranched alkanes of at least 4 members (excludes halogenated alkanes) is 4. The molecule has 0 aromatic carbocycles. The molecule has 0 saturated heterocycles. The molecule has 1 atom stereocenters. The predicted molar refractivity (Wildman–Crippen MR) is 81.0 cm³/mol. The van der Waals surface area contributed by atoms with E-state index in [1.165, 1.54) is 19.3 Å². The molecule has 1 unspecified atom stereocenters. The molecule has 0 radical (unpaired) electrons. The van der Waals surface area contributed by atoms with Crippen LogP contribution in [0.25, 0.3) is 0 Å². The van der Waals surface area contributed by atoms with E-state index < -0.39 is 11.9 Å². The summed E-state index contributed by atoms with van der Waals surface area (Å²) in [4.78, 5) is 22.7. The fraction of sp³-hybridized carbons (Fsp3) is 0.875. The van der Waals surface area contributed by atoms with Crippen LogP contribution in [0.15, 0.2) is 0 Å². The molecule has 0 aliphatic rings. The largest absolute Gasteiger partial charge is 0.464 e. The Labute approximate surface area is 128 Å².